The molecule has 0 aromatic heterocycles. The maximum absolute atomic E-state index is 13.4. The number of benzene rings is 4. The van der Waals surface area contributed by atoms with Gasteiger partial charge < -0.3 is 9.47 Å². The fourth-order valence-electron chi connectivity index (χ4n) is 3.87. The molecule has 0 spiro atoms. The Labute approximate surface area is 195 Å². The zero-order chi connectivity index (χ0) is 23.7. The molecule has 34 heavy (non-hydrogen) atoms. The summed E-state index contributed by atoms with van der Waals surface area (Å²) in [5.74, 6) is -0.731. The van der Waals surface area contributed by atoms with Gasteiger partial charge in [-0.25, -0.2) is 9.18 Å². The molecule has 0 atom stereocenters. The molecule has 0 unspecified atom stereocenters. The first-order valence-corrected chi connectivity index (χ1v) is 10.7. The van der Waals surface area contributed by atoms with Gasteiger partial charge in [0, 0.05) is 6.07 Å². The Morgan fingerprint density at radius 1 is 0.882 bits per heavy atom. The third-order valence-corrected chi connectivity index (χ3v) is 5.53. The van der Waals surface area contributed by atoms with Crippen LogP contribution in [0.25, 0.3) is 17.2 Å². The summed E-state index contributed by atoms with van der Waals surface area (Å²) in [6, 6.07) is 26.2. The molecule has 0 N–H and O–H groups in total. The van der Waals surface area contributed by atoms with Crippen molar-refractivity contribution in [2.45, 2.75) is 6.92 Å². The van der Waals surface area contributed by atoms with Crippen molar-refractivity contribution in [3.63, 3.8) is 0 Å². The number of hydrogen-bond acceptors (Lipinski definition) is 4. The average molecular weight is 450 g/mol. The molecular weight excluding hydrogens is 431 g/mol. The summed E-state index contributed by atoms with van der Waals surface area (Å²) in [6.07, 6.45) is 1.69. The molecule has 1 heterocycles. The van der Waals surface area contributed by atoms with Gasteiger partial charge in [0.15, 0.2) is 5.76 Å². The van der Waals surface area contributed by atoms with E-state index < -0.39 is 11.8 Å². The molecule has 0 aliphatic carbocycles. The number of halogens is 1. The van der Waals surface area contributed by atoms with Crippen molar-refractivity contribution in [3.05, 3.63) is 125 Å². The van der Waals surface area contributed by atoms with E-state index in [9.17, 15) is 14.0 Å². The van der Waals surface area contributed by atoms with E-state index >= 15 is 0 Å². The van der Waals surface area contributed by atoms with Gasteiger partial charge in [-0.2, -0.15) is 0 Å². The number of fused-ring (bicyclic) bond motifs is 1. The van der Waals surface area contributed by atoms with Crippen LogP contribution in [0.3, 0.4) is 0 Å². The minimum atomic E-state index is -0.697. The zero-order valence-electron chi connectivity index (χ0n) is 18.2. The number of carbonyl (C=O) groups is 2. The maximum Gasteiger partial charge on any atom is 0.343 e. The molecular formula is C29H19FO4. The quantitative estimate of drug-likeness (QED) is 0.199. The van der Waals surface area contributed by atoms with Crippen LogP contribution in [0.2, 0.25) is 0 Å². The van der Waals surface area contributed by atoms with Gasteiger partial charge in [0.05, 0.1) is 11.1 Å². The van der Waals surface area contributed by atoms with Crippen LogP contribution >= 0.6 is 0 Å². The van der Waals surface area contributed by atoms with E-state index in [-0.39, 0.29) is 22.9 Å². The standard InChI is InChI=1S/C29H19FO4/c1-18-14-24(33-29(32)22-8-5-9-23(30)16-22)17-25-27(18)28(31)26(34-25)15-19-10-12-21(13-11-19)20-6-3-2-4-7-20/h2-17H,1H3/b26-15-. The first-order valence-electron chi connectivity index (χ1n) is 10.7. The van der Waals surface area contributed by atoms with Crippen LogP contribution in [0, 0.1) is 12.7 Å². The summed E-state index contributed by atoms with van der Waals surface area (Å²) in [6.45, 7) is 1.75. The molecule has 0 bridgehead atoms. The molecule has 1 aliphatic heterocycles. The highest BCUT2D eigenvalue weighted by Gasteiger charge is 2.30. The second kappa shape index (κ2) is 8.79. The Kier molecular flexibility index (Phi) is 5.52. The Bertz CT molecular complexity index is 1440. The minimum Gasteiger partial charge on any atom is -0.452 e. The van der Waals surface area contributed by atoms with Gasteiger partial charge in [0.25, 0.3) is 0 Å². The molecule has 1 aliphatic rings. The molecule has 0 fully saturated rings. The van der Waals surface area contributed by atoms with Crippen molar-refractivity contribution in [3.8, 4) is 22.6 Å². The lowest BCUT2D eigenvalue weighted by Crippen LogP contribution is -2.09. The van der Waals surface area contributed by atoms with E-state index in [1.54, 1.807) is 19.1 Å². The number of carbonyl (C=O) groups excluding carboxylic acids is 2. The topological polar surface area (TPSA) is 52.6 Å². The van der Waals surface area contributed by atoms with Gasteiger partial charge in [-0.1, -0.05) is 60.7 Å². The van der Waals surface area contributed by atoms with E-state index in [1.807, 2.05) is 54.6 Å². The Morgan fingerprint density at radius 2 is 1.62 bits per heavy atom. The molecule has 0 saturated heterocycles. The van der Waals surface area contributed by atoms with Gasteiger partial charge in [0.1, 0.15) is 17.3 Å². The Morgan fingerprint density at radius 3 is 2.35 bits per heavy atom. The van der Waals surface area contributed by atoms with Crippen molar-refractivity contribution >= 4 is 17.8 Å². The number of esters is 1. The van der Waals surface area contributed by atoms with Gasteiger partial charge in [-0.15, -0.1) is 0 Å². The fourth-order valence-corrected chi connectivity index (χ4v) is 3.87. The first kappa shape index (κ1) is 21.3. The lowest BCUT2D eigenvalue weighted by molar-refractivity contribution is 0.0734. The number of ether oxygens (including phenoxy) is 2. The van der Waals surface area contributed by atoms with Crippen molar-refractivity contribution in [1.29, 1.82) is 0 Å². The molecule has 4 nitrogen and oxygen atoms in total. The largest absolute Gasteiger partial charge is 0.452 e. The van der Waals surface area contributed by atoms with E-state index in [4.69, 9.17) is 9.47 Å². The predicted molar refractivity (Wildman–Crippen MR) is 127 cm³/mol. The molecule has 0 amide bonds. The van der Waals surface area contributed by atoms with Crippen LogP contribution in [0.1, 0.15) is 31.8 Å². The van der Waals surface area contributed by atoms with Crippen LogP contribution in [-0.4, -0.2) is 11.8 Å². The highest BCUT2D eigenvalue weighted by molar-refractivity contribution is 6.15. The molecule has 4 aromatic rings. The number of aryl methyl sites for hydroxylation is 1. The summed E-state index contributed by atoms with van der Waals surface area (Å²) in [5, 5.41) is 0. The third-order valence-electron chi connectivity index (χ3n) is 5.53. The molecule has 166 valence electrons. The van der Waals surface area contributed by atoms with Gasteiger partial charge in [0.2, 0.25) is 5.78 Å². The van der Waals surface area contributed by atoms with E-state index in [0.717, 1.165) is 22.8 Å². The second-order valence-corrected chi connectivity index (χ2v) is 7.94. The lowest BCUT2D eigenvalue weighted by Gasteiger charge is -2.08. The number of allylic oxidation sites excluding steroid dienone is 1. The van der Waals surface area contributed by atoms with Crippen LogP contribution in [0.5, 0.6) is 11.5 Å². The monoisotopic (exact) mass is 450 g/mol. The molecule has 0 saturated carbocycles. The molecule has 5 rings (SSSR count). The normalized spacial score (nSPS) is 13.5. The predicted octanol–water partition coefficient (Wildman–Crippen LogP) is 6.64. The van der Waals surface area contributed by atoms with Crippen molar-refractivity contribution in [2.75, 3.05) is 0 Å². The summed E-state index contributed by atoms with van der Waals surface area (Å²) in [4.78, 5) is 25.3. The Hall–Kier alpha value is -4.51. The fraction of sp³-hybridized carbons (Fsp3) is 0.0345. The summed E-state index contributed by atoms with van der Waals surface area (Å²) >= 11 is 0. The van der Waals surface area contributed by atoms with Crippen molar-refractivity contribution in [1.82, 2.24) is 0 Å². The maximum atomic E-state index is 13.4. The highest BCUT2D eigenvalue weighted by atomic mass is 19.1. The number of ketones is 1. The third kappa shape index (κ3) is 4.24. The minimum absolute atomic E-state index is 0.0923. The van der Waals surface area contributed by atoms with Crippen molar-refractivity contribution < 1.29 is 23.5 Å². The molecule has 5 heteroatoms. The SMILES string of the molecule is Cc1cc(OC(=O)c2cccc(F)c2)cc2c1C(=O)/C(=C/c1ccc(-c3ccccc3)cc1)O2. The summed E-state index contributed by atoms with van der Waals surface area (Å²) in [7, 11) is 0. The number of Topliss-reactive ketones (excluding diaryl/α,β-unsaturated/α-hetero) is 1. The van der Waals surface area contributed by atoms with Crippen molar-refractivity contribution in [2.24, 2.45) is 0 Å². The van der Waals surface area contributed by atoms with E-state index in [1.165, 1.54) is 24.3 Å². The van der Waals surface area contributed by atoms with Crippen LogP contribution in [0.4, 0.5) is 4.39 Å². The summed E-state index contributed by atoms with van der Waals surface area (Å²) < 4.78 is 24.6. The first-order chi connectivity index (χ1) is 16.5. The number of rotatable bonds is 4. The van der Waals surface area contributed by atoms with E-state index in [2.05, 4.69) is 0 Å². The van der Waals surface area contributed by atoms with Crippen LogP contribution in [0.15, 0.2) is 96.8 Å². The average Bonchev–Trinajstić information content (AvgIpc) is 3.15. The van der Waals surface area contributed by atoms with Crippen LogP contribution in [-0.2, 0) is 0 Å². The highest BCUT2D eigenvalue weighted by Crippen LogP contribution is 2.38. The number of hydrogen-bond donors (Lipinski definition) is 0. The molecule has 4 aromatic carbocycles. The summed E-state index contributed by atoms with van der Waals surface area (Å²) in [5.41, 5.74) is 4.15. The lowest BCUT2D eigenvalue weighted by atomic mass is 10.0. The van der Waals surface area contributed by atoms with Gasteiger partial charge in [-0.3, -0.25) is 4.79 Å². The second-order valence-electron chi connectivity index (χ2n) is 7.94. The zero-order valence-corrected chi connectivity index (χ0v) is 18.2. The molecule has 0 radical (unpaired) electrons. The van der Waals surface area contributed by atoms with Gasteiger partial charge >= 0.3 is 5.97 Å². The van der Waals surface area contributed by atoms with E-state index in [0.29, 0.717) is 16.9 Å². The smallest absolute Gasteiger partial charge is 0.343 e. The Balaban J connectivity index is 1.37. The van der Waals surface area contributed by atoms with Crippen LogP contribution < -0.4 is 9.47 Å². The van der Waals surface area contributed by atoms with Gasteiger partial charge in [-0.05, 0) is 59.5 Å².